The second-order valence-corrected chi connectivity index (χ2v) is 7.53. The first-order chi connectivity index (χ1) is 13.4. The van der Waals surface area contributed by atoms with Crippen LogP contribution in [0, 0.1) is 6.92 Å². The van der Waals surface area contributed by atoms with Gasteiger partial charge in [-0.3, -0.25) is 0 Å². The molecule has 0 radical (unpaired) electrons. The molecular formula is C22H30N4O2. The van der Waals surface area contributed by atoms with Crippen LogP contribution in [-0.4, -0.2) is 40.3 Å². The Kier molecular flexibility index (Phi) is 5.98. The zero-order valence-corrected chi connectivity index (χ0v) is 17.9. The minimum atomic E-state index is 0.301. The van der Waals surface area contributed by atoms with E-state index in [0.29, 0.717) is 24.3 Å². The summed E-state index contributed by atoms with van der Waals surface area (Å²) in [5.74, 6) is 1.22. The predicted molar refractivity (Wildman–Crippen MR) is 112 cm³/mol. The van der Waals surface area contributed by atoms with Crippen molar-refractivity contribution in [3.8, 4) is 17.1 Å². The zero-order valence-electron chi connectivity index (χ0n) is 17.9. The van der Waals surface area contributed by atoms with Crippen LogP contribution < -0.4 is 4.74 Å². The van der Waals surface area contributed by atoms with E-state index in [0.717, 1.165) is 40.2 Å². The molecule has 0 N–H and O–H groups in total. The maximum atomic E-state index is 5.58. The summed E-state index contributed by atoms with van der Waals surface area (Å²) in [4.78, 5) is 14.6. The van der Waals surface area contributed by atoms with Crippen LogP contribution in [0.5, 0.6) is 5.88 Å². The summed E-state index contributed by atoms with van der Waals surface area (Å²) in [6.45, 7) is 9.07. The van der Waals surface area contributed by atoms with E-state index in [4.69, 9.17) is 19.4 Å². The lowest BCUT2D eigenvalue weighted by molar-refractivity contribution is 0.178. The number of fused-ring (bicyclic) bond motifs is 1. The number of aromatic nitrogens is 4. The van der Waals surface area contributed by atoms with E-state index >= 15 is 0 Å². The van der Waals surface area contributed by atoms with E-state index in [1.165, 1.54) is 5.56 Å². The van der Waals surface area contributed by atoms with Crippen molar-refractivity contribution in [2.45, 2.75) is 46.0 Å². The van der Waals surface area contributed by atoms with Crippen molar-refractivity contribution in [2.24, 2.45) is 7.05 Å². The van der Waals surface area contributed by atoms with Crippen LogP contribution in [0.1, 0.15) is 56.0 Å². The molecule has 6 nitrogen and oxygen atoms in total. The molecule has 0 aromatic carbocycles. The average molecular weight is 383 g/mol. The Morgan fingerprint density at radius 2 is 1.86 bits per heavy atom. The third-order valence-corrected chi connectivity index (χ3v) is 5.21. The highest BCUT2D eigenvalue weighted by Gasteiger charge is 2.21. The van der Waals surface area contributed by atoms with Gasteiger partial charge in [-0.15, -0.1) is 0 Å². The normalized spacial score (nSPS) is 12.7. The fourth-order valence-electron chi connectivity index (χ4n) is 3.58. The maximum Gasteiger partial charge on any atom is 0.222 e. The SMILES string of the molecule is CCC(COC)c1cn(C)c2nc(-c3ccc(C(C)C)nc3OC)c(C)nc12. The van der Waals surface area contributed by atoms with Gasteiger partial charge in [-0.1, -0.05) is 20.8 Å². The Bertz CT molecular complexity index is 978. The summed E-state index contributed by atoms with van der Waals surface area (Å²) in [6.07, 6.45) is 3.11. The highest BCUT2D eigenvalue weighted by atomic mass is 16.5. The number of ether oxygens (including phenoxy) is 2. The van der Waals surface area contributed by atoms with Crippen LogP contribution in [0.15, 0.2) is 18.3 Å². The van der Waals surface area contributed by atoms with Crippen molar-refractivity contribution in [3.05, 3.63) is 35.3 Å². The average Bonchev–Trinajstić information content (AvgIpc) is 3.00. The van der Waals surface area contributed by atoms with Crippen LogP contribution in [0.4, 0.5) is 0 Å². The largest absolute Gasteiger partial charge is 0.480 e. The Morgan fingerprint density at radius 3 is 2.46 bits per heavy atom. The molecule has 28 heavy (non-hydrogen) atoms. The molecule has 0 aliphatic carbocycles. The molecule has 0 fully saturated rings. The quantitative estimate of drug-likeness (QED) is 0.597. The van der Waals surface area contributed by atoms with Crippen LogP contribution in [-0.2, 0) is 11.8 Å². The standard InChI is InChI=1S/C22H30N4O2/c1-8-15(12-27-6)17-11-26(5)21-20(17)23-14(4)19(25-21)16-9-10-18(13(2)3)24-22(16)28-7/h9-11,13,15H,8,12H2,1-7H3. The first-order valence-electron chi connectivity index (χ1n) is 9.78. The molecule has 3 aromatic heterocycles. The predicted octanol–water partition coefficient (Wildman–Crippen LogP) is 4.61. The van der Waals surface area contributed by atoms with Gasteiger partial charge in [0.15, 0.2) is 5.65 Å². The third kappa shape index (κ3) is 3.61. The Labute approximate surface area is 166 Å². The molecule has 0 saturated heterocycles. The van der Waals surface area contributed by atoms with Gasteiger partial charge in [0.05, 0.1) is 30.7 Å². The fraction of sp³-hybridized carbons (Fsp3) is 0.500. The molecule has 0 aliphatic heterocycles. The lowest BCUT2D eigenvalue weighted by Crippen LogP contribution is -2.05. The maximum absolute atomic E-state index is 5.58. The first kappa shape index (κ1) is 20.3. The number of hydrogen-bond acceptors (Lipinski definition) is 5. The van der Waals surface area contributed by atoms with Crippen LogP contribution in [0.2, 0.25) is 0 Å². The monoisotopic (exact) mass is 382 g/mol. The van der Waals surface area contributed by atoms with E-state index in [9.17, 15) is 0 Å². The van der Waals surface area contributed by atoms with Crippen molar-refractivity contribution in [1.29, 1.82) is 0 Å². The van der Waals surface area contributed by atoms with E-state index in [2.05, 4.69) is 32.0 Å². The summed E-state index contributed by atoms with van der Waals surface area (Å²) >= 11 is 0. The minimum Gasteiger partial charge on any atom is -0.480 e. The molecule has 3 aromatic rings. The molecular weight excluding hydrogens is 352 g/mol. The second kappa shape index (κ2) is 8.27. The highest BCUT2D eigenvalue weighted by molar-refractivity contribution is 5.81. The van der Waals surface area contributed by atoms with Gasteiger partial charge in [-0.25, -0.2) is 15.0 Å². The van der Waals surface area contributed by atoms with Gasteiger partial charge < -0.3 is 14.0 Å². The van der Waals surface area contributed by atoms with E-state index in [1.54, 1.807) is 14.2 Å². The van der Waals surface area contributed by atoms with E-state index < -0.39 is 0 Å². The Morgan fingerprint density at radius 1 is 1.11 bits per heavy atom. The molecule has 3 heterocycles. The molecule has 3 rings (SSSR count). The number of nitrogens with zero attached hydrogens (tertiary/aromatic N) is 4. The van der Waals surface area contributed by atoms with Crippen LogP contribution >= 0.6 is 0 Å². The van der Waals surface area contributed by atoms with Gasteiger partial charge in [0.25, 0.3) is 0 Å². The topological polar surface area (TPSA) is 62.1 Å². The molecule has 6 heteroatoms. The van der Waals surface area contributed by atoms with Gasteiger partial charge in [0, 0.05) is 37.5 Å². The van der Waals surface area contributed by atoms with Gasteiger partial charge >= 0.3 is 0 Å². The molecule has 1 unspecified atom stereocenters. The molecule has 0 spiro atoms. The van der Waals surface area contributed by atoms with Crippen molar-refractivity contribution in [3.63, 3.8) is 0 Å². The summed E-state index contributed by atoms with van der Waals surface area (Å²) < 4.78 is 13.0. The highest BCUT2D eigenvalue weighted by Crippen LogP contribution is 2.34. The lowest BCUT2D eigenvalue weighted by atomic mass is 9.99. The summed E-state index contributed by atoms with van der Waals surface area (Å²) in [6, 6.07) is 4.07. The van der Waals surface area contributed by atoms with Crippen LogP contribution in [0.25, 0.3) is 22.4 Å². The van der Waals surface area contributed by atoms with Gasteiger partial charge in [-0.2, -0.15) is 0 Å². The number of rotatable bonds is 7. The summed E-state index contributed by atoms with van der Waals surface area (Å²) in [5.41, 5.74) is 6.52. The molecule has 0 bridgehead atoms. The molecule has 0 saturated carbocycles. The third-order valence-electron chi connectivity index (χ3n) is 5.21. The van der Waals surface area contributed by atoms with Gasteiger partial charge in [0.1, 0.15) is 5.52 Å². The number of methoxy groups -OCH3 is 2. The zero-order chi connectivity index (χ0) is 20.4. The minimum absolute atomic E-state index is 0.301. The van der Waals surface area contributed by atoms with Crippen molar-refractivity contribution in [1.82, 2.24) is 19.5 Å². The smallest absolute Gasteiger partial charge is 0.222 e. The molecule has 150 valence electrons. The molecule has 0 aliphatic rings. The Hall–Kier alpha value is -2.47. The number of aryl methyl sites for hydroxylation is 2. The summed E-state index contributed by atoms with van der Waals surface area (Å²) in [7, 11) is 5.40. The van der Waals surface area contributed by atoms with Crippen LogP contribution in [0.3, 0.4) is 0 Å². The number of hydrogen-bond donors (Lipinski definition) is 0. The number of pyridine rings is 1. The summed E-state index contributed by atoms with van der Waals surface area (Å²) in [5, 5.41) is 0. The van der Waals surface area contributed by atoms with Crippen molar-refractivity contribution >= 4 is 11.2 Å². The fourth-order valence-corrected chi connectivity index (χ4v) is 3.58. The van der Waals surface area contributed by atoms with Gasteiger partial charge in [0.2, 0.25) is 5.88 Å². The molecule has 0 amide bonds. The van der Waals surface area contributed by atoms with E-state index in [-0.39, 0.29) is 0 Å². The second-order valence-electron chi connectivity index (χ2n) is 7.53. The van der Waals surface area contributed by atoms with Crippen molar-refractivity contribution < 1.29 is 9.47 Å². The lowest BCUT2D eigenvalue weighted by Gasteiger charge is -2.14. The van der Waals surface area contributed by atoms with Gasteiger partial charge in [-0.05, 0) is 31.4 Å². The van der Waals surface area contributed by atoms with Crippen molar-refractivity contribution in [2.75, 3.05) is 20.8 Å². The Balaban J connectivity index is 2.17. The first-order valence-corrected chi connectivity index (χ1v) is 9.78. The molecule has 1 atom stereocenters. The van der Waals surface area contributed by atoms with E-state index in [1.807, 2.05) is 30.7 Å².